The molecule has 0 unspecified atom stereocenters. The van der Waals surface area contributed by atoms with Gasteiger partial charge >= 0.3 is 11.9 Å². The van der Waals surface area contributed by atoms with Crippen LogP contribution in [0.25, 0.3) is 5.69 Å². The summed E-state index contributed by atoms with van der Waals surface area (Å²) in [5.41, 5.74) is 0.183. The van der Waals surface area contributed by atoms with E-state index in [1.807, 2.05) is 0 Å². The highest BCUT2D eigenvalue weighted by molar-refractivity contribution is 5.88. The van der Waals surface area contributed by atoms with Crippen molar-refractivity contribution in [3.05, 3.63) is 45.8 Å². The Morgan fingerprint density at radius 2 is 2.26 bits per heavy atom. The standard InChI is InChI=1S/C10H5N5O4/c11-4-7-3-6(9(16)17)1-2-8(7)14-5-12-10(13-14)15(18)19/h1-3,5H,(H,16,17). The summed E-state index contributed by atoms with van der Waals surface area (Å²) in [6.07, 6.45) is 1.08. The average Bonchev–Trinajstić information content (AvgIpc) is 2.87. The highest BCUT2D eigenvalue weighted by Crippen LogP contribution is 2.16. The third-order valence-electron chi connectivity index (χ3n) is 2.25. The number of carboxylic acids is 1. The van der Waals surface area contributed by atoms with Crippen molar-refractivity contribution in [1.82, 2.24) is 14.8 Å². The number of nitrogens with zero attached hydrogens (tertiary/aromatic N) is 5. The lowest BCUT2D eigenvalue weighted by Gasteiger charge is -2.01. The summed E-state index contributed by atoms with van der Waals surface area (Å²) in [4.78, 5) is 23.9. The van der Waals surface area contributed by atoms with Gasteiger partial charge < -0.3 is 15.2 Å². The van der Waals surface area contributed by atoms with Gasteiger partial charge in [0.1, 0.15) is 11.8 Å². The zero-order valence-electron chi connectivity index (χ0n) is 9.22. The molecule has 0 amide bonds. The van der Waals surface area contributed by atoms with Crippen LogP contribution < -0.4 is 0 Å². The Hall–Kier alpha value is -3.28. The number of carboxylic acid groups (broad SMARTS) is 1. The molecule has 1 aromatic heterocycles. The second-order valence-electron chi connectivity index (χ2n) is 3.40. The fourth-order valence-corrected chi connectivity index (χ4v) is 1.41. The summed E-state index contributed by atoms with van der Waals surface area (Å²) in [6.45, 7) is 0. The molecule has 0 saturated carbocycles. The molecule has 0 aliphatic carbocycles. The van der Waals surface area contributed by atoms with E-state index in [1.165, 1.54) is 12.1 Å². The lowest BCUT2D eigenvalue weighted by molar-refractivity contribution is -0.394. The first-order valence-corrected chi connectivity index (χ1v) is 4.87. The van der Waals surface area contributed by atoms with E-state index in [4.69, 9.17) is 10.4 Å². The van der Waals surface area contributed by atoms with Gasteiger partial charge in [0.2, 0.25) is 6.33 Å². The van der Waals surface area contributed by atoms with Crippen molar-refractivity contribution in [2.75, 3.05) is 0 Å². The lowest BCUT2D eigenvalue weighted by atomic mass is 10.1. The number of carbonyl (C=O) groups is 1. The summed E-state index contributed by atoms with van der Waals surface area (Å²) >= 11 is 0. The molecule has 2 rings (SSSR count). The molecule has 0 aliphatic heterocycles. The summed E-state index contributed by atoms with van der Waals surface area (Å²) in [5, 5.41) is 31.8. The summed E-state index contributed by atoms with van der Waals surface area (Å²) < 4.78 is 1.04. The summed E-state index contributed by atoms with van der Waals surface area (Å²) in [7, 11) is 0. The summed E-state index contributed by atoms with van der Waals surface area (Å²) in [6, 6.07) is 5.57. The van der Waals surface area contributed by atoms with E-state index >= 15 is 0 Å². The van der Waals surface area contributed by atoms with E-state index in [0.29, 0.717) is 0 Å². The first-order valence-electron chi connectivity index (χ1n) is 4.87. The minimum absolute atomic E-state index is 0.0275. The molecular formula is C10H5N5O4. The van der Waals surface area contributed by atoms with Gasteiger partial charge in [-0.25, -0.2) is 4.79 Å². The van der Waals surface area contributed by atoms with Crippen molar-refractivity contribution in [2.45, 2.75) is 0 Å². The van der Waals surface area contributed by atoms with Crippen LogP contribution in [-0.2, 0) is 0 Å². The van der Waals surface area contributed by atoms with Gasteiger partial charge in [-0.2, -0.15) is 5.26 Å². The van der Waals surface area contributed by atoms with Crippen LogP contribution in [0.5, 0.6) is 0 Å². The van der Waals surface area contributed by atoms with Gasteiger partial charge in [0.25, 0.3) is 0 Å². The number of rotatable bonds is 3. The maximum Gasteiger partial charge on any atom is 0.491 e. The average molecular weight is 259 g/mol. The number of hydrogen-bond acceptors (Lipinski definition) is 6. The Kier molecular flexibility index (Phi) is 2.91. The molecule has 1 aromatic carbocycles. The molecule has 0 radical (unpaired) electrons. The minimum atomic E-state index is -1.17. The van der Waals surface area contributed by atoms with Crippen molar-refractivity contribution in [3.63, 3.8) is 0 Å². The number of benzene rings is 1. The number of hydrogen-bond donors (Lipinski definition) is 1. The quantitative estimate of drug-likeness (QED) is 0.634. The van der Waals surface area contributed by atoms with Gasteiger partial charge in [0.05, 0.1) is 11.1 Å². The van der Waals surface area contributed by atoms with Crippen molar-refractivity contribution >= 4 is 11.9 Å². The van der Waals surface area contributed by atoms with Gasteiger partial charge in [-0.15, -0.1) is 4.68 Å². The second kappa shape index (κ2) is 4.53. The van der Waals surface area contributed by atoms with Crippen molar-refractivity contribution in [3.8, 4) is 11.8 Å². The topological polar surface area (TPSA) is 135 Å². The van der Waals surface area contributed by atoms with E-state index in [0.717, 1.165) is 17.1 Å². The molecule has 0 saturated heterocycles. The Morgan fingerprint density at radius 1 is 1.53 bits per heavy atom. The molecule has 1 N–H and O–H groups in total. The van der Waals surface area contributed by atoms with E-state index in [9.17, 15) is 14.9 Å². The molecule has 9 heteroatoms. The van der Waals surface area contributed by atoms with Crippen molar-refractivity contribution in [2.24, 2.45) is 0 Å². The van der Waals surface area contributed by atoms with Crippen LogP contribution in [0.3, 0.4) is 0 Å². The number of aromatic nitrogens is 3. The third-order valence-corrected chi connectivity index (χ3v) is 2.25. The van der Waals surface area contributed by atoms with E-state index in [2.05, 4.69) is 10.1 Å². The van der Waals surface area contributed by atoms with Crippen LogP contribution in [0, 0.1) is 21.4 Å². The SMILES string of the molecule is N#Cc1cc(C(=O)O)ccc1-n1cnc([N+](=O)[O-])n1. The highest BCUT2D eigenvalue weighted by Gasteiger charge is 2.17. The van der Waals surface area contributed by atoms with E-state index in [-0.39, 0.29) is 16.8 Å². The normalized spacial score (nSPS) is 9.84. The first kappa shape index (κ1) is 12.2. The maximum absolute atomic E-state index is 10.8. The van der Waals surface area contributed by atoms with Crippen molar-refractivity contribution < 1.29 is 14.8 Å². The Balaban J connectivity index is 2.53. The van der Waals surface area contributed by atoms with Crippen LogP contribution in [0.2, 0.25) is 0 Å². The third kappa shape index (κ3) is 2.22. The molecule has 0 fully saturated rings. The van der Waals surface area contributed by atoms with Crippen molar-refractivity contribution in [1.29, 1.82) is 5.26 Å². The number of aromatic carboxylic acids is 1. The van der Waals surface area contributed by atoms with Gasteiger partial charge in [0, 0.05) is 5.10 Å². The van der Waals surface area contributed by atoms with Crippen LogP contribution in [0.1, 0.15) is 15.9 Å². The molecule has 0 aliphatic rings. The van der Waals surface area contributed by atoms with Gasteiger partial charge in [-0.3, -0.25) is 0 Å². The minimum Gasteiger partial charge on any atom is -0.478 e. The predicted molar refractivity (Wildman–Crippen MR) is 59.7 cm³/mol. The zero-order valence-corrected chi connectivity index (χ0v) is 9.22. The molecule has 1 heterocycles. The zero-order chi connectivity index (χ0) is 14.0. The molecule has 2 aromatic rings. The highest BCUT2D eigenvalue weighted by atomic mass is 16.6. The second-order valence-corrected chi connectivity index (χ2v) is 3.40. The van der Waals surface area contributed by atoms with Crippen LogP contribution in [0.4, 0.5) is 5.95 Å². The van der Waals surface area contributed by atoms with Gasteiger partial charge in [0.15, 0.2) is 0 Å². The maximum atomic E-state index is 10.8. The molecule has 94 valence electrons. The molecule has 0 bridgehead atoms. The Bertz CT molecular complexity index is 715. The molecule has 0 atom stereocenters. The summed E-state index contributed by atoms with van der Waals surface area (Å²) in [5.74, 6) is -1.78. The fraction of sp³-hybridized carbons (Fsp3) is 0. The molecule has 0 spiro atoms. The smallest absolute Gasteiger partial charge is 0.478 e. The van der Waals surface area contributed by atoms with Gasteiger partial charge in [-0.1, -0.05) is 4.98 Å². The predicted octanol–water partition coefficient (Wildman–Crippen LogP) is 0.745. The monoisotopic (exact) mass is 259 g/mol. The van der Waals surface area contributed by atoms with E-state index < -0.39 is 16.8 Å². The van der Waals surface area contributed by atoms with Gasteiger partial charge in [-0.05, 0) is 23.1 Å². The fourth-order valence-electron chi connectivity index (χ4n) is 1.41. The lowest BCUT2D eigenvalue weighted by Crippen LogP contribution is -2.03. The van der Waals surface area contributed by atoms with Crippen LogP contribution in [0.15, 0.2) is 24.5 Å². The Labute approximate surface area is 105 Å². The van der Waals surface area contributed by atoms with E-state index in [1.54, 1.807) is 6.07 Å². The Morgan fingerprint density at radius 3 is 2.79 bits per heavy atom. The first-order chi connectivity index (χ1) is 9.02. The largest absolute Gasteiger partial charge is 0.491 e. The molecule has 19 heavy (non-hydrogen) atoms. The molecular weight excluding hydrogens is 254 g/mol. The number of nitro groups is 1. The van der Waals surface area contributed by atoms with Crippen LogP contribution >= 0.6 is 0 Å². The van der Waals surface area contributed by atoms with Crippen LogP contribution in [-0.4, -0.2) is 30.8 Å². The molecule has 9 nitrogen and oxygen atoms in total. The number of nitriles is 1.